The highest BCUT2D eigenvalue weighted by atomic mass is 16.6. The first-order chi connectivity index (χ1) is 12.3. The molecule has 1 saturated heterocycles. The van der Waals surface area contributed by atoms with Crippen molar-refractivity contribution in [3.05, 3.63) is 29.8 Å². The van der Waals surface area contributed by atoms with Crippen molar-refractivity contribution in [1.29, 1.82) is 0 Å². The Balaban J connectivity index is 1.95. The lowest BCUT2D eigenvalue weighted by atomic mass is 10.1. The zero-order valence-corrected chi connectivity index (χ0v) is 16.3. The van der Waals surface area contributed by atoms with Gasteiger partial charge in [-0.05, 0) is 45.7 Å². The van der Waals surface area contributed by atoms with E-state index in [0.29, 0.717) is 32.5 Å². The van der Waals surface area contributed by atoms with Crippen LogP contribution in [0.4, 0.5) is 10.5 Å². The highest BCUT2D eigenvalue weighted by Gasteiger charge is 2.26. The Hall–Kier alpha value is -2.24. The van der Waals surface area contributed by atoms with Crippen molar-refractivity contribution in [2.24, 2.45) is 0 Å². The summed E-state index contributed by atoms with van der Waals surface area (Å²) in [5.41, 5.74) is 1.78. The van der Waals surface area contributed by atoms with Gasteiger partial charge in [0.15, 0.2) is 0 Å². The van der Waals surface area contributed by atoms with E-state index in [1.807, 2.05) is 39.8 Å². The van der Waals surface area contributed by atoms with Crippen molar-refractivity contribution in [2.45, 2.75) is 46.1 Å². The van der Waals surface area contributed by atoms with Crippen LogP contribution < -0.4 is 4.90 Å². The van der Waals surface area contributed by atoms with Crippen LogP contribution in [0.2, 0.25) is 0 Å². The number of rotatable bonds is 5. The molecule has 0 radical (unpaired) electrons. The van der Waals surface area contributed by atoms with Crippen LogP contribution in [-0.4, -0.2) is 55.3 Å². The first kappa shape index (κ1) is 20.1. The fourth-order valence-electron chi connectivity index (χ4n) is 2.96. The Kier molecular flexibility index (Phi) is 6.89. The van der Waals surface area contributed by atoms with Gasteiger partial charge in [0.05, 0.1) is 6.61 Å². The van der Waals surface area contributed by atoms with E-state index in [9.17, 15) is 9.59 Å². The highest BCUT2D eigenvalue weighted by molar-refractivity contribution is 5.70. The Morgan fingerprint density at radius 1 is 1.08 bits per heavy atom. The Morgan fingerprint density at radius 2 is 1.73 bits per heavy atom. The molecule has 0 spiro atoms. The van der Waals surface area contributed by atoms with Gasteiger partial charge >= 0.3 is 12.1 Å². The lowest BCUT2D eigenvalue weighted by molar-refractivity contribution is -0.143. The summed E-state index contributed by atoms with van der Waals surface area (Å²) in [7, 11) is 0. The summed E-state index contributed by atoms with van der Waals surface area (Å²) >= 11 is 0. The van der Waals surface area contributed by atoms with Crippen LogP contribution >= 0.6 is 0 Å². The average molecular weight is 362 g/mol. The normalized spacial score (nSPS) is 14.9. The van der Waals surface area contributed by atoms with Crippen molar-refractivity contribution >= 4 is 17.7 Å². The third-order valence-electron chi connectivity index (χ3n) is 4.17. The summed E-state index contributed by atoms with van der Waals surface area (Å²) in [6.45, 7) is 10.6. The average Bonchev–Trinajstić information content (AvgIpc) is 2.59. The van der Waals surface area contributed by atoms with E-state index in [0.717, 1.165) is 24.3 Å². The third-order valence-corrected chi connectivity index (χ3v) is 4.17. The van der Waals surface area contributed by atoms with Crippen LogP contribution in [0.5, 0.6) is 0 Å². The topological polar surface area (TPSA) is 59.1 Å². The van der Waals surface area contributed by atoms with Crippen LogP contribution in [0.3, 0.4) is 0 Å². The molecule has 1 heterocycles. The lowest BCUT2D eigenvalue weighted by Crippen LogP contribution is -2.50. The monoisotopic (exact) mass is 362 g/mol. The molecule has 1 aliphatic heterocycles. The maximum Gasteiger partial charge on any atom is 0.410 e. The molecule has 6 heteroatoms. The summed E-state index contributed by atoms with van der Waals surface area (Å²) < 4.78 is 10.5. The maximum atomic E-state index is 12.2. The van der Waals surface area contributed by atoms with Gasteiger partial charge in [-0.2, -0.15) is 0 Å². The van der Waals surface area contributed by atoms with Crippen molar-refractivity contribution in [3.63, 3.8) is 0 Å². The molecule has 0 N–H and O–H groups in total. The summed E-state index contributed by atoms with van der Waals surface area (Å²) in [4.78, 5) is 27.9. The van der Waals surface area contributed by atoms with Gasteiger partial charge in [0, 0.05) is 38.3 Å². The smallest absolute Gasteiger partial charge is 0.410 e. The van der Waals surface area contributed by atoms with Gasteiger partial charge in [-0.3, -0.25) is 4.79 Å². The summed E-state index contributed by atoms with van der Waals surface area (Å²) in [6.07, 6.45) is 0.775. The summed E-state index contributed by atoms with van der Waals surface area (Å²) in [5, 5.41) is 0. The third kappa shape index (κ3) is 5.93. The fourth-order valence-corrected chi connectivity index (χ4v) is 2.96. The fraction of sp³-hybridized carbons (Fsp3) is 0.600. The van der Waals surface area contributed by atoms with Crippen LogP contribution in [-0.2, 0) is 20.7 Å². The number of carbonyl (C=O) groups excluding carboxylic acids is 2. The Bertz CT molecular complexity index is 616. The van der Waals surface area contributed by atoms with Gasteiger partial charge in [0.1, 0.15) is 5.60 Å². The van der Waals surface area contributed by atoms with Gasteiger partial charge in [-0.1, -0.05) is 18.2 Å². The minimum absolute atomic E-state index is 0.169. The molecule has 26 heavy (non-hydrogen) atoms. The van der Waals surface area contributed by atoms with Crippen LogP contribution in [0.15, 0.2) is 24.3 Å². The predicted molar refractivity (Wildman–Crippen MR) is 101 cm³/mol. The van der Waals surface area contributed by atoms with E-state index in [1.54, 1.807) is 4.90 Å². The largest absolute Gasteiger partial charge is 0.466 e. The van der Waals surface area contributed by atoms with Crippen molar-refractivity contribution in [1.82, 2.24) is 4.90 Å². The molecule has 144 valence electrons. The van der Waals surface area contributed by atoms with Crippen LogP contribution in [0, 0.1) is 0 Å². The lowest BCUT2D eigenvalue weighted by Gasteiger charge is -2.37. The number of esters is 1. The number of ether oxygens (including phenoxy) is 2. The highest BCUT2D eigenvalue weighted by Crippen LogP contribution is 2.24. The molecule has 1 aromatic rings. The predicted octanol–water partition coefficient (Wildman–Crippen LogP) is 3.24. The van der Waals surface area contributed by atoms with E-state index in [2.05, 4.69) is 17.0 Å². The number of carbonyl (C=O) groups is 2. The molecule has 0 unspecified atom stereocenters. The molecule has 0 atom stereocenters. The quantitative estimate of drug-likeness (QED) is 0.753. The van der Waals surface area contributed by atoms with Gasteiger partial charge in [0.2, 0.25) is 0 Å². The number of nitrogens with zero attached hydrogens (tertiary/aromatic N) is 2. The number of anilines is 1. The Labute approximate surface area is 156 Å². The van der Waals surface area contributed by atoms with Crippen molar-refractivity contribution < 1.29 is 19.1 Å². The van der Waals surface area contributed by atoms with Gasteiger partial charge in [0.25, 0.3) is 0 Å². The molecule has 0 saturated carbocycles. The van der Waals surface area contributed by atoms with Crippen LogP contribution in [0.25, 0.3) is 0 Å². The molecule has 0 bridgehead atoms. The number of hydrogen-bond donors (Lipinski definition) is 0. The zero-order chi connectivity index (χ0) is 19.2. The van der Waals surface area contributed by atoms with Crippen LogP contribution in [0.1, 0.15) is 39.7 Å². The number of benzene rings is 1. The SMILES string of the molecule is CCOC(=O)CCc1ccccc1N1CCN(C(=O)OC(C)(C)C)CC1. The van der Waals surface area contributed by atoms with E-state index in [1.165, 1.54) is 0 Å². The number of amides is 1. The molecule has 6 nitrogen and oxygen atoms in total. The number of aryl methyl sites for hydroxylation is 1. The van der Waals surface area contributed by atoms with Crippen molar-refractivity contribution in [2.75, 3.05) is 37.7 Å². The first-order valence-electron chi connectivity index (χ1n) is 9.26. The standard InChI is InChI=1S/C20H30N2O4/c1-5-25-18(23)11-10-16-8-6-7-9-17(16)21-12-14-22(15-13-21)19(24)26-20(2,3)4/h6-9H,5,10-15H2,1-4H3. The zero-order valence-electron chi connectivity index (χ0n) is 16.3. The number of hydrogen-bond acceptors (Lipinski definition) is 5. The number of para-hydroxylation sites is 1. The molecular weight excluding hydrogens is 332 g/mol. The Morgan fingerprint density at radius 3 is 2.35 bits per heavy atom. The van der Waals surface area contributed by atoms with E-state index in [4.69, 9.17) is 9.47 Å². The molecule has 1 aliphatic rings. The maximum absolute atomic E-state index is 12.2. The molecule has 0 aliphatic carbocycles. The molecule has 1 aromatic carbocycles. The summed E-state index contributed by atoms with van der Waals surface area (Å²) in [6, 6.07) is 8.11. The first-order valence-corrected chi connectivity index (χ1v) is 9.26. The molecule has 1 fully saturated rings. The number of piperazine rings is 1. The second-order valence-electron chi connectivity index (χ2n) is 7.39. The van der Waals surface area contributed by atoms with Crippen molar-refractivity contribution in [3.8, 4) is 0 Å². The van der Waals surface area contributed by atoms with Gasteiger partial charge in [-0.25, -0.2) is 4.79 Å². The second kappa shape index (κ2) is 8.92. The van der Waals surface area contributed by atoms with Gasteiger partial charge < -0.3 is 19.3 Å². The van der Waals surface area contributed by atoms with Gasteiger partial charge in [-0.15, -0.1) is 0 Å². The minimum Gasteiger partial charge on any atom is -0.466 e. The molecular formula is C20H30N2O4. The molecule has 1 amide bonds. The second-order valence-corrected chi connectivity index (χ2v) is 7.39. The minimum atomic E-state index is -0.478. The van der Waals surface area contributed by atoms with E-state index >= 15 is 0 Å². The van der Waals surface area contributed by atoms with E-state index in [-0.39, 0.29) is 12.1 Å². The van der Waals surface area contributed by atoms with E-state index < -0.39 is 5.60 Å². The summed E-state index contributed by atoms with van der Waals surface area (Å²) in [5.74, 6) is -0.169. The molecule has 2 rings (SSSR count). The molecule has 0 aromatic heterocycles.